The van der Waals surface area contributed by atoms with E-state index < -0.39 is 10.8 Å². The highest BCUT2D eigenvalue weighted by Gasteiger charge is 2.13. The molecule has 0 radical (unpaired) electrons. The third-order valence-corrected chi connectivity index (χ3v) is 3.10. The molecule has 1 aromatic rings. The summed E-state index contributed by atoms with van der Waals surface area (Å²) in [5.74, 6) is 1.50. The fourth-order valence-electron chi connectivity index (χ4n) is 1.26. The summed E-state index contributed by atoms with van der Waals surface area (Å²) in [5.41, 5.74) is 1.35. The second kappa shape index (κ2) is 5.43. The molecule has 0 saturated carbocycles. The van der Waals surface area contributed by atoms with Crippen LogP contribution in [0.3, 0.4) is 0 Å². The van der Waals surface area contributed by atoms with Gasteiger partial charge in [0.05, 0.1) is 0 Å². The number of hydrogen-bond donors (Lipinski definition) is 1. The first kappa shape index (κ1) is 13.2. The highest BCUT2D eigenvalue weighted by molar-refractivity contribution is 7.84. The van der Waals surface area contributed by atoms with Crippen LogP contribution in [0.4, 0.5) is 5.82 Å². The van der Waals surface area contributed by atoms with Crippen molar-refractivity contribution in [3.8, 4) is 0 Å². The lowest BCUT2D eigenvalue weighted by Crippen LogP contribution is -2.13. The van der Waals surface area contributed by atoms with Crippen molar-refractivity contribution in [2.45, 2.75) is 26.2 Å². The van der Waals surface area contributed by atoms with Crippen LogP contribution in [0.2, 0.25) is 0 Å². The lowest BCUT2D eigenvalue weighted by atomic mass is 9.88. The van der Waals surface area contributed by atoms with Crippen molar-refractivity contribution in [3.63, 3.8) is 0 Å². The molecule has 3 nitrogen and oxygen atoms in total. The zero-order valence-electron chi connectivity index (χ0n) is 10.4. The fourth-order valence-corrected chi connectivity index (χ4v) is 1.65. The predicted molar refractivity (Wildman–Crippen MR) is 70.4 cm³/mol. The molecule has 0 aliphatic heterocycles. The zero-order chi connectivity index (χ0) is 12.2. The lowest BCUT2D eigenvalue weighted by Gasteiger charge is -2.18. The minimum atomic E-state index is -0.748. The van der Waals surface area contributed by atoms with Gasteiger partial charge in [0.1, 0.15) is 5.82 Å². The van der Waals surface area contributed by atoms with Gasteiger partial charge in [0.15, 0.2) is 0 Å². The standard InChI is InChI=1S/C12H20N2OS/c1-12(2,3)10-5-6-11(14-9-10)13-7-8-16(4)15/h5-6,9H,7-8H2,1-4H3,(H,13,14). The van der Waals surface area contributed by atoms with Gasteiger partial charge < -0.3 is 5.32 Å². The summed E-state index contributed by atoms with van der Waals surface area (Å²) in [6.07, 6.45) is 3.60. The number of hydrogen-bond acceptors (Lipinski definition) is 3. The van der Waals surface area contributed by atoms with Crippen LogP contribution in [-0.2, 0) is 16.2 Å². The van der Waals surface area contributed by atoms with Gasteiger partial charge in [-0.25, -0.2) is 4.98 Å². The van der Waals surface area contributed by atoms with Gasteiger partial charge >= 0.3 is 0 Å². The Labute approximate surface area is 100 Å². The zero-order valence-corrected chi connectivity index (χ0v) is 11.2. The minimum absolute atomic E-state index is 0.135. The maximum absolute atomic E-state index is 10.9. The number of nitrogens with zero attached hydrogens (tertiary/aromatic N) is 1. The Morgan fingerprint density at radius 3 is 2.50 bits per heavy atom. The topological polar surface area (TPSA) is 42.0 Å². The maximum atomic E-state index is 10.9. The first-order valence-corrected chi connectivity index (χ1v) is 7.13. The van der Waals surface area contributed by atoms with Crippen molar-refractivity contribution < 1.29 is 4.21 Å². The van der Waals surface area contributed by atoms with Crippen molar-refractivity contribution in [2.24, 2.45) is 0 Å². The van der Waals surface area contributed by atoms with Crippen LogP contribution < -0.4 is 5.32 Å². The van der Waals surface area contributed by atoms with Crippen LogP contribution >= 0.6 is 0 Å². The van der Waals surface area contributed by atoms with Crippen LogP contribution in [0, 0.1) is 0 Å². The number of rotatable bonds is 4. The first-order chi connectivity index (χ1) is 7.39. The molecule has 16 heavy (non-hydrogen) atoms. The van der Waals surface area contributed by atoms with E-state index in [-0.39, 0.29) is 5.41 Å². The van der Waals surface area contributed by atoms with E-state index in [0.717, 1.165) is 5.82 Å². The van der Waals surface area contributed by atoms with E-state index in [0.29, 0.717) is 12.3 Å². The molecule has 1 N–H and O–H groups in total. The van der Waals surface area contributed by atoms with Crippen LogP contribution in [0.15, 0.2) is 18.3 Å². The van der Waals surface area contributed by atoms with Gasteiger partial charge in [-0.3, -0.25) is 4.21 Å². The van der Waals surface area contributed by atoms with E-state index in [2.05, 4.69) is 37.1 Å². The maximum Gasteiger partial charge on any atom is 0.125 e. The largest absolute Gasteiger partial charge is 0.369 e. The number of anilines is 1. The normalized spacial score (nSPS) is 13.5. The van der Waals surface area contributed by atoms with Crippen LogP contribution in [0.5, 0.6) is 0 Å². The smallest absolute Gasteiger partial charge is 0.125 e. The van der Waals surface area contributed by atoms with Gasteiger partial charge in [0.2, 0.25) is 0 Å². The number of aromatic nitrogens is 1. The lowest BCUT2D eigenvalue weighted by molar-refractivity contribution is 0.587. The molecule has 0 aliphatic rings. The summed E-state index contributed by atoms with van der Waals surface area (Å²) in [6.45, 7) is 7.19. The minimum Gasteiger partial charge on any atom is -0.369 e. The summed E-state index contributed by atoms with van der Waals surface area (Å²) >= 11 is 0. The average molecular weight is 240 g/mol. The molecule has 0 aromatic carbocycles. The van der Waals surface area contributed by atoms with Gasteiger partial charge in [0, 0.05) is 35.5 Å². The monoisotopic (exact) mass is 240 g/mol. The SMILES string of the molecule is CS(=O)CCNc1ccc(C(C)(C)C)cn1. The van der Waals surface area contributed by atoms with Gasteiger partial charge in [-0.2, -0.15) is 0 Å². The number of nitrogens with one attached hydrogen (secondary N) is 1. The van der Waals surface area contributed by atoms with E-state index in [9.17, 15) is 4.21 Å². The molecule has 0 aliphatic carbocycles. The Morgan fingerprint density at radius 2 is 2.06 bits per heavy atom. The van der Waals surface area contributed by atoms with Crippen molar-refractivity contribution in [1.29, 1.82) is 0 Å². The Bertz CT molecular complexity index is 354. The summed E-state index contributed by atoms with van der Waals surface area (Å²) in [5, 5.41) is 3.15. The summed E-state index contributed by atoms with van der Waals surface area (Å²) < 4.78 is 10.9. The van der Waals surface area contributed by atoms with Gasteiger partial charge in [-0.05, 0) is 17.0 Å². The molecule has 90 valence electrons. The van der Waals surface area contributed by atoms with Gasteiger partial charge in [-0.15, -0.1) is 0 Å². The third kappa shape index (κ3) is 4.31. The Morgan fingerprint density at radius 1 is 1.38 bits per heavy atom. The van der Waals surface area contributed by atoms with E-state index >= 15 is 0 Å². The van der Waals surface area contributed by atoms with Crippen molar-refractivity contribution >= 4 is 16.6 Å². The Balaban J connectivity index is 2.55. The van der Waals surface area contributed by atoms with Crippen molar-refractivity contribution in [2.75, 3.05) is 23.9 Å². The molecule has 1 rings (SSSR count). The predicted octanol–water partition coefficient (Wildman–Crippen LogP) is 2.17. The third-order valence-electron chi connectivity index (χ3n) is 2.33. The molecule has 1 atom stereocenters. The van der Waals surface area contributed by atoms with Crippen LogP contribution in [0.1, 0.15) is 26.3 Å². The van der Waals surface area contributed by atoms with E-state index in [4.69, 9.17) is 0 Å². The summed E-state index contributed by atoms with van der Waals surface area (Å²) in [6, 6.07) is 4.05. The van der Waals surface area contributed by atoms with Gasteiger partial charge in [0.25, 0.3) is 0 Å². The molecule has 1 unspecified atom stereocenters. The summed E-state index contributed by atoms with van der Waals surface area (Å²) in [7, 11) is -0.748. The highest BCUT2D eigenvalue weighted by Crippen LogP contribution is 2.21. The first-order valence-electron chi connectivity index (χ1n) is 5.40. The molecule has 0 spiro atoms. The molecule has 0 amide bonds. The average Bonchev–Trinajstić information content (AvgIpc) is 2.16. The molecular weight excluding hydrogens is 220 g/mol. The van der Waals surface area contributed by atoms with Gasteiger partial charge in [-0.1, -0.05) is 26.8 Å². The van der Waals surface area contributed by atoms with E-state index in [1.807, 2.05) is 12.3 Å². The molecule has 0 saturated heterocycles. The fraction of sp³-hybridized carbons (Fsp3) is 0.583. The summed E-state index contributed by atoms with van der Waals surface area (Å²) in [4.78, 5) is 4.33. The molecule has 4 heteroatoms. The van der Waals surface area contributed by atoms with Crippen LogP contribution in [-0.4, -0.2) is 27.7 Å². The second-order valence-electron chi connectivity index (χ2n) is 4.89. The Hall–Kier alpha value is -0.900. The van der Waals surface area contributed by atoms with E-state index in [1.54, 1.807) is 6.26 Å². The molecule has 0 fully saturated rings. The number of pyridine rings is 1. The van der Waals surface area contributed by atoms with E-state index in [1.165, 1.54) is 5.56 Å². The Kier molecular flexibility index (Phi) is 4.47. The molecule has 1 aromatic heterocycles. The molecular formula is C12H20N2OS. The second-order valence-corrected chi connectivity index (χ2v) is 6.44. The quantitative estimate of drug-likeness (QED) is 0.877. The highest BCUT2D eigenvalue weighted by atomic mass is 32.2. The van der Waals surface area contributed by atoms with Crippen LogP contribution in [0.25, 0.3) is 0 Å². The molecule has 0 bridgehead atoms. The van der Waals surface area contributed by atoms with Crippen molar-refractivity contribution in [3.05, 3.63) is 23.9 Å². The van der Waals surface area contributed by atoms with Crippen molar-refractivity contribution in [1.82, 2.24) is 4.98 Å². The molecule has 1 heterocycles.